The van der Waals surface area contributed by atoms with Gasteiger partial charge in [0.1, 0.15) is 5.82 Å². The number of halogens is 1. The van der Waals surface area contributed by atoms with Crippen molar-refractivity contribution in [1.29, 1.82) is 0 Å². The van der Waals surface area contributed by atoms with Crippen LogP contribution in [0.25, 0.3) is 0 Å². The normalized spacial score (nSPS) is 17.6. The standard InChI is InChI=1S/C12H17BrN4O/c13-10-2-1-5-15-12(10)16-9-3-6-17(7-4-9)8-11(14)18/h1-2,5,9H,3-4,6-8H2,(H2,14,18)(H,15,16). The number of likely N-dealkylation sites (tertiary alicyclic amines) is 1. The summed E-state index contributed by atoms with van der Waals surface area (Å²) in [6.45, 7) is 2.15. The summed E-state index contributed by atoms with van der Waals surface area (Å²) in [7, 11) is 0. The minimum Gasteiger partial charge on any atom is -0.369 e. The molecule has 0 spiro atoms. The number of piperidine rings is 1. The molecule has 18 heavy (non-hydrogen) atoms. The zero-order valence-electron chi connectivity index (χ0n) is 10.1. The van der Waals surface area contributed by atoms with Crippen LogP contribution in [0.3, 0.4) is 0 Å². The first-order chi connectivity index (χ1) is 8.65. The molecule has 0 saturated carbocycles. The molecule has 1 aromatic heterocycles. The number of rotatable bonds is 4. The maximum Gasteiger partial charge on any atom is 0.231 e. The van der Waals surface area contributed by atoms with Crippen LogP contribution in [0.2, 0.25) is 0 Å². The van der Waals surface area contributed by atoms with Crippen molar-refractivity contribution < 1.29 is 4.79 Å². The molecule has 0 bridgehead atoms. The van der Waals surface area contributed by atoms with Gasteiger partial charge in [0, 0.05) is 25.3 Å². The molecule has 0 atom stereocenters. The number of carbonyl (C=O) groups excluding carboxylic acids is 1. The van der Waals surface area contributed by atoms with Gasteiger partial charge in [-0.05, 0) is 40.9 Å². The Kier molecular flexibility index (Phi) is 4.54. The fourth-order valence-corrected chi connectivity index (χ4v) is 2.51. The maximum atomic E-state index is 10.8. The molecular weight excluding hydrogens is 296 g/mol. The van der Waals surface area contributed by atoms with Gasteiger partial charge in [0.05, 0.1) is 11.0 Å². The summed E-state index contributed by atoms with van der Waals surface area (Å²) in [5.74, 6) is 0.625. The first-order valence-electron chi connectivity index (χ1n) is 6.03. The Morgan fingerprint density at radius 2 is 2.28 bits per heavy atom. The van der Waals surface area contributed by atoms with Gasteiger partial charge < -0.3 is 11.1 Å². The lowest BCUT2D eigenvalue weighted by molar-refractivity contribution is -0.119. The molecule has 1 aromatic rings. The topological polar surface area (TPSA) is 71.2 Å². The molecule has 3 N–H and O–H groups in total. The van der Waals surface area contributed by atoms with Crippen LogP contribution in [0, 0.1) is 0 Å². The zero-order chi connectivity index (χ0) is 13.0. The highest BCUT2D eigenvalue weighted by Gasteiger charge is 2.20. The number of anilines is 1. The number of nitrogens with zero attached hydrogens (tertiary/aromatic N) is 2. The van der Waals surface area contributed by atoms with E-state index in [0.717, 1.165) is 36.2 Å². The Labute approximate surface area is 115 Å². The van der Waals surface area contributed by atoms with E-state index in [2.05, 4.69) is 31.1 Å². The number of pyridine rings is 1. The van der Waals surface area contributed by atoms with Gasteiger partial charge in [-0.1, -0.05) is 0 Å². The molecule has 5 nitrogen and oxygen atoms in total. The Balaban J connectivity index is 1.84. The summed E-state index contributed by atoms with van der Waals surface area (Å²) >= 11 is 3.47. The fourth-order valence-electron chi connectivity index (χ4n) is 2.14. The van der Waals surface area contributed by atoms with Crippen LogP contribution in [0.4, 0.5) is 5.82 Å². The molecule has 2 heterocycles. The molecule has 1 aliphatic rings. The summed E-state index contributed by atoms with van der Waals surface area (Å²) in [6, 6.07) is 4.27. The van der Waals surface area contributed by atoms with E-state index in [4.69, 9.17) is 5.73 Å². The second-order valence-corrected chi connectivity index (χ2v) is 5.35. The first kappa shape index (κ1) is 13.3. The lowest BCUT2D eigenvalue weighted by atomic mass is 10.1. The number of nitrogens with one attached hydrogen (secondary N) is 1. The van der Waals surface area contributed by atoms with Crippen LogP contribution in [0.1, 0.15) is 12.8 Å². The third-order valence-electron chi connectivity index (χ3n) is 3.07. The van der Waals surface area contributed by atoms with Gasteiger partial charge in [-0.3, -0.25) is 9.69 Å². The third-order valence-corrected chi connectivity index (χ3v) is 3.71. The van der Waals surface area contributed by atoms with E-state index in [1.165, 1.54) is 0 Å². The van der Waals surface area contributed by atoms with Crippen LogP contribution in [-0.2, 0) is 4.79 Å². The number of primary amides is 1. The second-order valence-electron chi connectivity index (χ2n) is 4.49. The molecule has 2 rings (SSSR count). The lowest BCUT2D eigenvalue weighted by Gasteiger charge is -2.31. The zero-order valence-corrected chi connectivity index (χ0v) is 11.7. The minimum atomic E-state index is -0.256. The number of hydrogen-bond acceptors (Lipinski definition) is 4. The van der Waals surface area contributed by atoms with E-state index < -0.39 is 0 Å². The van der Waals surface area contributed by atoms with Gasteiger partial charge in [-0.2, -0.15) is 0 Å². The molecule has 0 unspecified atom stereocenters. The summed E-state index contributed by atoms with van der Waals surface area (Å²) in [4.78, 5) is 17.2. The smallest absolute Gasteiger partial charge is 0.231 e. The predicted octanol–water partition coefficient (Wildman–Crippen LogP) is 1.21. The number of hydrogen-bond donors (Lipinski definition) is 2. The van der Waals surface area contributed by atoms with Crippen molar-refractivity contribution in [3.8, 4) is 0 Å². The third kappa shape index (κ3) is 3.68. The van der Waals surface area contributed by atoms with Crippen LogP contribution in [0.15, 0.2) is 22.8 Å². The van der Waals surface area contributed by atoms with Gasteiger partial charge in [0.2, 0.25) is 5.91 Å². The van der Waals surface area contributed by atoms with Gasteiger partial charge in [-0.25, -0.2) is 4.98 Å². The maximum absolute atomic E-state index is 10.8. The monoisotopic (exact) mass is 312 g/mol. The summed E-state index contributed by atoms with van der Waals surface area (Å²) in [6.07, 6.45) is 3.77. The van der Waals surface area contributed by atoms with Crippen LogP contribution >= 0.6 is 15.9 Å². The fraction of sp³-hybridized carbons (Fsp3) is 0.500. The van der Waals surface area contributed by atoms with Gasteiger partial charge >= 0.3 is 0 Å². The van der Waals surface area contributed by atoms with Crippen molar-refractivity contribution in [2.75, 3.05) is 25.0 Å². The molecule has 0 aliphatic carbocycles. The largest absolute Gasteiger partial charge is 0.369 e. The summed E-state index contributed by atoms with van der Waals surface area (Å²) < 4.78 is 0.976. The highest BCUT2D eigenvalue weighted by molar-refractivity contribution is 9.10. The molecule has 1 aliphatic heterocycles. The number of carbonyl (C=O) groups is 1. The van der Waals surface area contributed by atoms with Crippen LogP contribution in [0.5, 0.6) is 0 Å². The Morgan fingerprint density at radius 1 is 1.56 bits per heavy atom. The Hall–Kier alpha value is -1.14. The number of nitrogens with two attached hydrogens (primary N) is 1. The lowest BCUT2D eigenvalue weighted by Crippen LogP contribution is -2.43. The van der Waals surface area contributed by atoms with Gasteiger partial charge in [-0.15, -0.1) is 0 Å². The van der Waals surface area contributed by atoms with E-state index in [0.29, 0.717) is 12.6 Å². The number of aromatic nitrogens is 1. The van der Waals surface area contributed by atoms with E-state index in [1.54, 1.807) is 6.20 Å². The Bertz CT molecular complexity index is 418. The molecule has 98 valence electrons. The average molecular weight is 313 g/mol. The van der Waals surface area contributed by atoms with Crippen molar-refractivity contribution in [1.82, 2.24) is 9.88 Å². The second kappa shape index (κ2) is 6.15. The highest BCUT2D eigenvalue weighted by atomic mass is 79.9. The molecule has 1 saturated heterocycles. The van der Waals surface area contributed by atoms with Gasteiger partial charge in [0.25, 0.3) is 0 Å². The van der Waals surface area contributed by atoms with Crippen molar-refractivity contribution >= 4 is 27.7 Å². The Morgan fingerprint density at radius 3 is 2.89 bits per heavy atom. The summed E-state index contributed by atoms with van der Waals surface area (Å²) in [5.41, 5.74) is 5.19. The van der Waals surface area contributed by atoms with Crippen LogP contribution < -0.4 is 11.1 Å². The van der Waals surface area contributed by atoms with E-state index in [1.807, 2.05) is 12.1 Å². The molecule has 0 aromatic carbocycles. The number of amides is 1. The van der Waals surface area contributed by atoms with E-state index >= 15 is 0 Å². The van der Waals surface area contributed by atoms with Gasteiger partial charge in [0.15, 0.2) is 0 Å². The molecular formula is C12H17BrN4O. The van der Waals surface area contributed by atoms with E-state index in [-0.39, 0.29) is 5.91 Å². The van der Waals surface area contributed by atoms with Crippen molar-refractivity contribution in [3.63, 3.8) is 0 Å². The quantitative estimate of drug-likeness (QED) is 0.876. The van der Waals surface area contributed by atoms with Crippen molar-refractivity contribution in [2.45, 2.75) is 18.9 Å². The highest BCUT2D eigenvalue weighted by Crippen LogP contribution is 2.22. The predicted molar refractivity (Wildman–Crippen MR) is 74.2 cm³/mol. The molecule has 0 radical (unpaired) electrons. The van der Waals surface area contributed by atoms with Crippen molar-refractivity contribution in [2.24, 2.45) is 5.73 Å². The van der Waals surface area contributed by atoms with Crippen LogP contribution in [-0.4, -0.2) is 41.5 Å². The molecule has 1 amide bonds. The first-order valence-corrected chi connectivity index (χ1v) is 6.82. The SMILES string of the molecule is NC(=O)CN1CCC(Nc2ncccc2Br)CC1. The molecule has 6 heteroatoms. The average Bonchev–Trinajstić information content (AvgIpc) is 2.34. The van der Waals surface area contributed by atoms with Crippen molar-refractivity contribution in [3.05, 3.63) is 22.8 Å². The molecule has 1 fully saturated rings. The summed E-state index contributed by atoms with van der Waals surface area (Å²) in [5, 5.41) is 3.42. The van der Waals surface area contributed by atoms with E-state index in [9.17, 15) is 4.79 Å². The minimum absolute atomic E-state index is 0.256.